The monoisotopic (exact) mass is 507 g/mol. The summed E-state index contributed by atoms with van der Waals surface area (Å²) in [7, 11) is 0. The van der Waals surface area contributed by atoms with E-state index in [2.05, 4.69) is 12.2 Å². The van der Waals surface area contributed by atoms with Gasteiger partial charge in [0, 0.05) is 0 Å². The Morgan fingerprint density at radius 3 is 2.56 bits per heavy atom. The number of amides is 1. The van der Waals surface area contributed by atoms with Crippen LogP contribution < -0.4 is 5.32 Å². The van der Waals surface area contributed by atoms with Crippen LogP contribution >= 0.6 is 0 Å². The van der Waals surface area contributed by atoms with Crippen LogP contribution in [0, 0.1) is 0 Å². The number of fused-ring (bicyclic) bond motifs is 1. The zero-order valence-electron chi connectivity index (χ0n) is 22.1. The van der Waals surface area contributed by atoms with Crippen LogP contribution in [0.25, 0.3) is 0 Å². The normalized spacial score (nSPS) is 28.3. The summed E-state index contributed by atoms with van der Waals surface area (Å²) in [5.41, 5.74) is 0.949. The van der Waals surface area contributed by atoms with Crippen molar-refractivity contribution in [1.29, 1.82) is 0 Å². The lowest BCUT2D eigenvalue weighted by atomic mass is 9.95. The topological polar surface area (TPSA) is 106 Å². The van der Waals surface area contributed by atoms with Crippen molar-refractivity contribution in [3.63, 3.8) is 0 Å². The molecule has 2 aliphatic heterocycles. The van der Waals surface area contributed by atoms with E-state index in [9.17, 15) is 15.0 Å². The van der Waals surface area contributed by atoms with Crippen LogP contribution in [0.4, 0.5) is 0 Å². The summed E-state index contributed by atoms with van der Waals surface area (Å²) in [5.74, 6) is -1.22. The van der Waals surface area contributed by atoms with Crippen molar-refractivity contribution in [2.75, 3.05) is 6.61 Å². The van der Waals surface area contributed by atoms with Gasteiger partial charge < -0.3 is 34.5 Å². The molecule has 0 aromatic heterocycles. The van der Waals surface area contributed by atoms with Crippen LogP contribution in [0.15, 0.2) is 30.3 Å². The number of hydrogen-bond acceptors (Lipinski definition) is 7. The number of carbonyl (C=O) groups excluding carboxylic acids is 1. The molecule has 1 aromatic rings. The highest BCUT2D eigenvalue weighted by Gasteiger charge is 2.51. The smallest absolute Gasteiger partial charge is 0.223 e. The molecule has 0 saturated carbocycles. The van der Waals surface area contributed by atoms with Crippen molar-refractivity contribution in [2.45, 2.75) is 128 Å². The lowest BCUT2D eigenvalue weighted by Gasteiger charge is -2.49. The first-order chi connectivity index (χ1) is 17.3. The van der Waals surface area contributed by atoms with E-state index in [1.54, 1.807) is 13.8 Å². The summed E-state index contributed by atoms with van der Waals surface area (Å²) in [6, 6.07) is 8.79. The number of aliphatic hydroxyl groups excluding tert-OH is 2. The van der Waals surface area contributed by atoms with Gasteiger partial charge in [0.1, 0.15) is 24.4 Å². The lowest BCUT2D eigenvalue weighted by molar-refractivity contribution is -0.369. The molecule has 2 aliphatic rings. The van der Waals surface area contributed by atoms with Gasteiger partial charge in [-0.1, -0.05) is 82.2 Å². The minimum absolute atomic E-state index is 0.0337. The summed E-state index contributed by atoms with van der Waals surface area (Å²) >= 11 is 0. The van der Waals surface area contributed by atoms with Gasteiger partial charge in [0.25, 0.3) is 0 Å². The van der Waals surface area contributed by atoms with E-state index in [1.807, 2.05) is 30.3 Å². The average molecular weight is 508 g/mol. The number of hydrogen-bond donors (Lipinski definition) is 3. The Kier molecular flexibility index (Phi) is 11.6. The largest absolute Gasteiger partial charge is 0.393 e. The Labute approximate surface area is 215 Å². The van der Waals surface area contributed by atoms with Gasteiger partial charge in [0.2, 0.25) is 5.91 Å². The van der Waals surface area contributed by atoms with Gasteiger partial charge in [-0.05, 0) is 25.8 Å². The molecule has 2 heterocycles. The summed E-state index contributed by atoms with van der Waals surface area (Å²) in [5, 5.41) is 24.4. The maximum absolute atomic E-state index is 12.8. The highest BCUT2D eigenvalue weighted by molar-refractivity contribution is 5.76. The molecule has 0 bridgehead atoms. The van der Waals surface area contributed by atoms with E-state index in [1.165, 1.54) is 25.7 Å². The molecule has 2 fully saturated rings. The Bertz CT molecular complexity index is 774. The SMILES string of the molecule is CCCCCCCCCC(O)CC(=O)N[C@H]1[C@@H](OCc2ccccc2)O[C@@H]2COC(C)(C)O[C@H]2[C@@H]1O. The van der Waals surface area contributed by atoms with Crippen molar-refractivity contribution in [2.24, 2.45) is 0 Å². The van der Waals surface area contributed by atoms with Crippen LogP contribution in [0.5, 0.6) is 0 Å². The molecule has 0 radical (unpaired) electrons. The standard InChI is InChI=1S/C28H45NO7/c1-4-5-6-7-8-9-13-16-21(30)17-23(31)29-24-25(32)26-22(19-34-28(2,3)36-26)35-27(24)33-18-20-14-11-10-12-15-20/h10-12,14-15,21-22,24-27,30,32H,4-9,13,16-19H2,1-3H3,(H,29,31)/t21?,22-,24-,25-,26-,27+/m1/s1. The number of benzene rings is 1. The van der Waals surface area contributed by atoms with E-state index in [4.69, 9.17) is 18.9 Å². The molecule has 1 unspecified atom stereocenters. The average Bonchev–Trinajstić information content (AvgIpc) is 2.85. The molecule has 2 saturated heterocycles. The third kappa shape index (κ3) is 9.08. The quantitative estimate of drug-likeness (QED) is 0.329. The maximum Gasteiger partial charge on any atom is 0.223 e. The lowest BCUT2D eigenvalue weighted by Crippen LogP contribution is -2.68. The Morgan fingerprint density at radius 1 is 1.14 bits per heavy atom. The van der Waals surface area contributed by atoms with Crippen LogP contribution in [0.3, 0.4) is 0 Å². The molecule has 36 heavy (non-hydrogen) atoms. The molecule has 6 atom stereocenters. The molecule has 1 amide bonds. The molecule has 3 rings (SSSR count). The Hall–Kier alpha value is -1.55. The number of unbranched alkanes of at least 4 members (excludes halogenated alkanes) is 6. The molecular formula is C28H45NO7. The van der Waals surface area contributed by atoms with E-state index >= 15 is 0 Å². The molecule has 0 spiro atoms. The van der Waals surface area contributed by atoms with Gasteiger partial charge in [0.15, 0.2) is 12.1 Å². The third-order valence-corrected chi connectivity index (χ3v) is 6.83. The Morgan fingerprint density at radius 2 is 1.83 bits per heavy atom. The van der Waals surface area contributed by atoms with E-state index in [0.717, 1.165) is 24.8 Å². The minimum atomic E-state index is -1.06. The second-order valence-electron chi connectivity index (χ2n) is 10.5. The van der Waals surface area contributed by atoms with Crippen molar-refractivity contribution < 1.29 is 34.0 Å². The van der Waals surface area contributed by atoms with E-state index in [-0.39, 0.29) is 25.5 Å². The maximum atomic E-state index is 12.8. The first kappa shape index (κ1) is 29.0. The van der Waals surface area contributed by atoms with Gasteiger partial charge in [-0.15, -0.1) is 0 Å². The van der Waals surface area contributed by atoms with Gasteiger partial charge in [0.05, 0.1) is 25.7 Å². The molecule has 204 valence electrons. The Balaban J connectivity index is 1.54. The number of rotatable bonds is 14. The summed E-state index contributed by atoms with van der Waals surface area (Å²) in [6.07, 6.45) is 4.77. The van der Waals surface area contributed by atoms with Gasteiger partial charge in [-0.25, -0.2) is 0 Å². The summed E-state index contributed by atoms with van der Waals surface area (Å²) < 4.78 is 23.8. The van der Waals surface area contributed by atoms with Crippen LogP contribution in [-0.4, -0.2) is 65.3 Å². The van der Waals surface area contributed by atoms with Gasteiger partial charge in [-0.2, -0.15) is 0 Å². The second kappa shape index (κ2) is 14.4. The highest BCUT2D eigenvalue weighted by atomic mass is 16.8. The fourth-order valence-corrected chi connectivity index (χ4v) is 4.79. The number of nitrogens with one attached hydrogen (secondary N) is 1. The molecule has 3 N–H and O–H groups in total. The molecule has 8 nitrogen and oxygen atoms in total. The van der Waals surface area contributed by atoms with Crippen molar-refractivity contribution >= 4 is 5.91 Å². The zero-order chi connectivity index (χ0) is 26.0. The van der Waals surface area contributed by atoms with Crippen LogP contribution in [0.1, 0.15) is 84.1 Å². The predicted molar refractivity (Wildman–Crippen MR) is 136 cm³/mol. The number of ether oxygens (including phenoxy) is 4. The molecule has 0 aliphatic carbocycles. The van der Waals surface area contributed by atoms with Crippen molar-refractivity contribution in [3.05, 3.63) is 35.9 Å². The number of carbonyl (C=O) groups is 1. The van der Waals surface area contributed by atoms with Gasteiger partial charge >= 0.3 is 0 Å². The third-order valence-electron chi connectivity index (χ3n) is 6.83. The predicted octanol–water partition coefficient (Wildman–Crippen LogP) is 3.82. The van der Waals surface area contributed by atoms with E-state index in [0.29, 0.717) is 6.42 Å². The highest BCUT2D eigenvalue weighted by Crippen LogP contribution is 2.33. The minimum Gasteiger partial charge on any atom is -0.393 e. The molecule has 8 heteroatoms. The zero-order valence-corrected chi connectivity index (χ0v) is 22.1. The van der Waals surface area contributed by atoms with Crippen LogP contribution in [0.2, 0.25) is 0 Å². The summed E-state index contributed by atoms with van der Waals surface area (Å²) in [6.45, 7) is 6.27. The van der Waals surface area contributed by atoms with Crippen molar-refractivity contribution in [1.82, 2.24) is 5.32 Å². The van der Waals surface area contributed by atoms with Crippen molar-refractivity contribution in [3.8, 4) is 0 Å². The first-order valence-electron chi connectivity index (χ1n) is 13.6. The summed E-state index contributed by atoms with van der Waals surface area (Å²) in [4.78, 5) is 12.8. The fraction of sp³-hybridized carbons (Fsp3) is 0.750. The van der Waals surface area contributed by atoms with Crippen LogP contribution in [-0.2, 0) is 30.3 Å². The first-order valence-corrected chi connectivity index (χ1v) is 13.6. The number of aliphatic hydroxyl groups is 2. The molecular weight excluding hydrogens is 462 g/mol. The van der Waals surface area contributed by atoms with Gasteiger partial charge in [-0.3, -0.25) is 4.79 Å². The second-order valence-corrected chi connectivity index (χ2v) is 10.5. The van der Waals surface area contributed by atoms with E-state index < -0.39 is 42.5 Å². The fourth-order valence-electron chi connectivity index (χ4n) is 4.79. The molecule has 1 aromatic carbocycles.